The number of nitrogens with zero attached hydrogens (tertiary/aromatic N) is 2. The number of methoxy groups -OCH3 is 1. The van der Waals surface area contributed by atoms with Crippen LogP contribution in [0.3, 0.4) is 0 Å². The Balaban J connectivity index is 1.70. The number of aromatic nitrogens is 2. The molecule has 0 radical (unpaired) electrons. The predicted molar refractivity (Wildman–Crippen MR) is 126 cm³/mol. The van der Waals surface area contributed by atoms with Crippen LogP contribution in [0.15, 0.2) is 59.0 Å². The molecular formula is C25H23F3N4O5. The van der Waals surface area contributed by atoms with Gasteiger partial charge in [-0.2, -0.15) is 13.2 Å². The molecule has 0 aliphatic heterocycles. The van der Waals surface area contributed by atoms with E-state index < -0.39 is 36.5 Å². The van der Waals surface area contributed by atoms with Gasteiger partial charge in [-0.1, -0.05) is 30.3 Å². The number of carbonyl (C=O) groups excluding carboxylic acids is 1. The van der Waals surface area contributed by atoms with Crippen LogP contribution in [-0.2, 0) is 12.7 Å². The number of hydrogen-bond donors (Lipinski definition) is 4. The second kappa shape index (κ2) is 10.5. The topological polar surface area (TPSA) is 144 Å². The number of aliphatic hydroxyl groups is 2. The van der Waals surface area contributed by atoms with E-state index in [1.165, 1.54) is 25.3 Å². The molecule has 0 bridgehead atoms. The van der Waals surface area contributed by atoms with Crippen LogP contribution < -0.4 is 15.8 Å². The standard InChI is InChI=1S/C25H23F3N4O5/c1-36-17-9-7-15(14-8-10-19(25(26,27)28)31-20(14)17)24-32-21(18(11-29)37-24)23(35)30-16(12-33)22(34)13-5-3-2-4-6-13/h2-10,16,22,33-34H,11-12,29H2,1H3,(H,30,35)/t16-,22-/m1/s1. The van der Waals surface area contributed by atoms with Crippen LogP contribution in [0, 0.1) is 0 Å². The van der Waals surface area contributed by atoms with E-state index in [-0.39, 0.29) is 46.1 Å². The Morgan fingerprint density at radius 1 is 1.14 bits per heavy atom. The van der Waals surface area contributed by atoms with Gasteiger partial charge in [0, 0.05) is 10.9 Å². The van der Waals surface area contributed by atoms with Crippen molar-refractivity contribution in [1.82, 2.24) is 15.3 Å². The van der Waals surface area contributed by atoms with Crippen molar-refractivity contribution in [2.75, 3.05) is 13.7 Å². The van der Waals surface area contributed by atoms with E-state index in [0.29, 0.717) is 5.56 Å². The van der Waals surface area contributed by atoms with Crippen LogP contribution in [0.25, 0.3) is 22.4 Å². The number of nitrogens with one attached hydrogen (secondary N) is 1. The third kappa shape index (κ3) is 5.26. The molecule has 0 aliphatic rings. The zero-order chi connectivity index (χ0) is 26.7. The molecule has 9 nitrogen and oxygen atoms in total. The summed E-state index contributed by atoms with van der Waals surface area (Å²) in [5, 5.41) is 23.1. The zero-order valence-electron chi connectivity index (χ0n) is 19.5. The highest BCUT2D eigenvalue weighted by molar-refractivity contribution is 5.98. The highest BCUT2D eigenvalue weighted by Crippen LogP contribution is 2.37. The highest BCUT2D eigenvalue weighted by Gasteiger charge is 2.33. The number of alkyl halides is 3. The summed E-state index contributed by atoms with van der Waals surface area (Å²) in [6.45, 7) is -0.786. The number of aliphatic hydroxyl groups excluding tert-OH is 2. The van der Waals surface area contributed by atoms with Crippen LogP contribution in [0.5, 0.6) is 5.75 Å². The minimum atomic E-state index is -4.66. The average molecular weight is 516 g/mol. The van der Waals surface area contributed by atoms with E-state index in [1.807, 2.05) is 0 Å². The van der Waals surface area contributed by atoms with Gasteiger partial charge in [0.15, 0.2) is 11.5 Å². The lowest BCUT2D eigenvalue weighted by Crippen LogP contribution is -2.42. The normalized spacial score (nSPS) is 13.4. The van der Waals surface area contributed by atoms with Crippen molar-refractivity contribution >= 4 is 16.8 Å². The number of benzene rings is 2. The van der Waals surface area contributed by atoms with E-state index >= 15 is 0 Å². The van der Waals surface area contributed by atoms with Gasteiger partial charge in [0.05, 0.1) is 26.3 Å². The Morgan fingerprint density at radius 2 is 1.86 bits per heavy atom. The molecular weight excluding hydrogens is 493 g/mol. The molecule has 2 heterocycles. The summed E-state index contributed by atoms with van der Waals surface area (Å²) in [5.41, 5.74) is 5.13. The number of halogens is 3. The number of hydrogen-bond acceptors (Lipinski definition) is 8. The molecule has 2 atom stereocenters. The summed E-state index contributed by atoms with van der Waals surface area (Å²) < 4.78 is 50.6. The fourth-order valence-corrected chi connectivity index (χ4v) is 3.83. The second-order valence-corrected chi connectivity index (χ2v) is 8.02. The molecule has 12 heteroatoms. The maximum absolute atomic E-state index is 13.2. The van der Waals surface area contributed by atoms with E-state index in [1.54, 1.807) is 30.3 Å². The molecule has 4 rings (SSSR count). The first-order chi connectivity index (χ1) is 17.7. The number of carbonyl (C=O) groups is 1. The van der Waals surface area contributed by atoms with Crippen molar-refractivity contribution in [3.63, 3.8) is 0 Å². The van der Waals surface area contributed by atoms with Crippen molar-refractivity contribution in [3.05, 3.63) is 77.3 Å². The molecule has 0 unspecified atom stereocenters. The van der Waals surface area contributed by atoms with E-state index in [9.17, 15) is 28.2 Å². The lowest BCUT2D eigenvalue weighted by molar-refractivity contribution is -0.140. The lowest BCUT2D eigenvalue weighted by atomic mass is 10.0. The van der Waals surface area contributed by atoms with Gasteiger partial charge < -0.3 is 30.4 Å². The summed E-state index contributed by atoms with van der Waals surface area (Å²) >= 11 is 0. The quantitative estimate of drug-likeness (QED) is 0.280. The molecule has 1 amide bonds. The van der Waals surface area contributed by atoms with Crippen LogP contribution >= 0.6 is 0 Å². The van der Waals surface area contributed by atoms with Crippen LogP contribution in [-0.4, -0.2) is 45.8 Å². The maximum atomic E-state index is 13.2. The van der Waals surface area contributed by atoms with Crippen LogP contribution in [0.2, 0.25) is 0 Å². The van der Waals surface area contributed by atoms with Gasteiger partial charge in [0.2, 0.25) is 5.89 Å². The smallest absolute Gasteiger partial charge is 0.433 e. The molecule has 0 saturated heterocycles. The summed E-state index contributed by atoms with van der Waals surface area (Å²) in [5.74, 6) is -0.736. The van der Waals surface area contributed by atoms with Crippen molar-refractivity contribution < 1.29 is 37.3 Å². The first-order valence-electron chi connectivity index (χ1n) is 11.1. The Bertz CT molecular complexity index is 1410. The van der Waals surface area contributed by atoms with E-state index in [4.69, 9.17) is 14.9 Å². The summed E-state index contributed by atoms with van der Waals surface area (Å²) in [6, 6.07) is 12.4. The first-order valence-corrected chi connectivity index (χ1v) is 11.1. The fraction of sp³-hybridized carbons (Fsp3) is 0.240. The molecule has 0 fully saturated rings. The van der Waals surface area contributed by atoms with Gasteiger partial charge in [-0.25, -0.2) is 9.97 Å². The van der Waals surface area contributed by atoms with Gasteiger partial charge in [0.1, 0.15) is 23.1 Å². The third-order valence-electron chi connectivity index (χ3n) is 5.69. The van der Waals surface area contributed by atoms with Crippen LogP contribution in [0.4, 0.5) is 13.2 Å². The van der Waals surface area contributed by atoms with Gasteiger partial charge >= 0.3 is 6.18 Å². The van der Waals surface area contributed by atoms with Gasteiger partial charge in [-0.3, -0.25) is 4.79 Å². The minimum absolute atomic E-state index is 0.00206. The summed E-state index contributed by atoms with van der Waals surface area (Å²) in [6.07, 6.45) is -5.87. The molecule has 37 heavy (non-hydrogen) atoms. The number of nitrogens with two attached hydrogens (primary N) is 1. The van der Waals surface area contributed by atoms with Gasteiger partial charge in [0.25, 0.3) is 5.91 Å². The van der Waals surface area contributed by atoms with Gasteiger partial charge in [-0.05, 0) is 29.8 Å². The molecule has 2 aromatic heterocycles. The van der Waals surface area contributed by atoms with Crippen molar-refractivity contribution in [2.45, 2.75) is 24.9 Å². The monoisotopic (exact) mass is 516 g/mol. The fourth-order valence-electron chi connectivity index (χ4n) is 3.83. The second-order valence-electron chi connectivity index (χ2n) is 8.02. The average Bonchev–Trinajstić information content (AvgIpc) is 3.34. The molecule has 0 spiro atoms. The molecule has 0 aliphatic carbocycles. The molecule has 5 N–H and O–H groups in total. The number of amides is 1. The summed E-state index contributed by atoms with van der Waals surface area (Å²) in [4.78, 5) is 21.0. The summed E-state index contributed by atoms with van der Waals surface area (Å²) in [7, 11) is 1.30. The largest absolute Gasteiger partial charge is 0.494 e. The number of rotatable bonds is 8. The molecule has 2 aromatic carbocycles. The third-order valence-corrected chi connectivity index (χ3v) is 5.69. The van der Waals surface area contributed by atoms with Crippen LogP contribution in [0.1, 0.15) is 33.6 Å². The van der Waals surface area contributed by atoms with Crippen molar-refractivity contribution in [2.24, 2.45) is 5.73 Å². The van der Waals surface area contributed by atoms with E-state index in [2.05, 4.69) is 15.3 Å². The Kier molecular flexibility index (Phi) is 7.43. The zero-order valence-corrected chi connectivity index (χ0v) is 19.5. The van der Waals surface area contributed by atoms with E-state index in [0.717, 1.165) is 6.07 Å². The Hall–Kier alpha value is -4.00. The number of ether oxygens (including phenoxy) is 1. The SMILES string of the molecule is COc1ccc(-c2nc(C(=O)N[C@H](CO)[C@H](O)c3ccccc3)c(CN)o2)c2ccc(C(F)(F)F)nc12. The molecule has 0 saturated carbocycles. The number of pyridine rings is 1. The van der Waals surface area contributed by atoms with Gasteiger partial charge in [-0.15, -0.1) is 0 Å². The maximum Gasteiger partial charge on any atom is 0.433 e. The molecule has 4 aromatic rings. The Morgan fingerprint density at radius 3 is 2.49 bits per heavy atom. The highest BCUT2D eigenvalue weighted by atomic mass is 19.4. The van der Waals surface area contributed by atoms with Crippen molar-refractivity contribution in [3.8, 4) is 17.2 Å². The van der Waals surface area contributed by atoms with Crippen molar-refractivity contribution in [1.29, 1.82) is 0 Å². The molecule has 194 valence electrons. The minimum Gasteiger partial charge on any atom is -0.494 e. The Labute approximate surface area is 208 Å². The lowest BCUT2D eigenvalue weighted by Gasteiger charge is -2.22. The number of oxazole rings is 1. The first kappa shape index (κ1) is 26.1. The predicted octanol–water partition coefficient (Wildman–Crippen LogP) is 3.20. The number of fused-ring (bicyclic) bond motifs is 1.